The molecule has 30 heavy (non-hydrogen) atoms. The number of benzene rings is 4. The van der Waals surface area contributed by atoms with Crippen LogP contribution in [-0.4, -0.2) is 15.4 Å². The van der Waals surface area contributed by atoms with E-state index in [1.54, 1.807) is 6.20 Å². The summed E-state index contributed by atoms with van der Waals surface area (Å²) in [6.07, 6.45) is 1.78. The van der Waals surface area contributed by atoms with Gasteiger partial charge in [-0.25, -0.2) is 0 Å². The highest BCUT2D eigenvalue weighted by Crippen LogP contribution is 2.62. The maximum absolute atomic E-state index is 4.33. The maximum atomic E-state index is 4.33. The van der Waals surface area contributed by atoms with Crippen LogP contribution in [0, 0.1) is 0 Å². The van der Waals surface area contributed by atoms with Gasteiger partial charge >= 0.3 is 0 Å². The van der Waals surface area contributed by atoms with Crippen LogP contribution < -0.4 is 0 Å². The number of H-pyrrole nitrogens is 1. The van der Waals surface area contributed by atoms with E-state index in [1.807, 2.05) is 0 Å². The van der Waals surface area contributed by atoms with E-state index in [0.717, 1.165) is 11.3 Å². The monoisotopic (exact) mass is 383 g/mol. The molecule has 140 valence electrons. The molecule has 0 atom stereocenters. The van der Waals surface area contributed by atoms with Crippen LogP contribution in [0.4, 0.5) is 0 Å². The fourth-order valence-electron chi connectivity index (χ4n) is 5.59. The number of rotatable bonds is 1. The number of nitrogens with zero attached hydrogens (tertiary/aromatic N) is 2. The molecule has 0 amide bonds. The van der Waals surface area contributed by atoms with Gasteiger partial charge in [0, 0.05) is 5.56 Å². The number of aromatic nitrogens is 3. The first-order chi connectivity index (χ1) is 14.9. The summed E-state index contributed by atoms with van der Waals surface area (Å²) in [5.41, 5.74) is 12.3. The molecule has 4 aromatic carbocycles. The van der Waals surface area contributed by atoms with E-state index in [9.17, 15) is 0 Å². The molecule has 0 unspecified atom stereocenters. The Balaban J connectivity index is 1.67. The van der Waals surface area contributed by atoms with Gasteiger partial charge in [0.15, 0.2) is 0 Å². The third-order valence-electron chi connectivity index (χ3n) is 6.71. The molecule has 1 aromatic heterocycles. The highest BCUT2D eigenvalue weighted by Gasteiger charge is 2.51. The first kappa shape index (κ1) is 15.9. The number of hydrogen-bond donors (Lipinski definition) is 1. The Kier molecular flexibility index (Phi) is 2.94. The summed E-state index contributed by atoms with van der Waals surface area (Å²) in [4.78, 5) is 0. The van der Waals surface area contributed by atoms with E-state index in [1.165, 1.54) is 44.5 Å². The molecule has 1 heterocycles. The molecular weight excluding hydrogens is 366 g/mol. The van der Waals surface area contributed by atoms with Gasteiger partial charge < -0.3 is 0 Å². The Hall–Kier alpha value is -3.98. The molecular formula is C27H17N3. The van der Waals surface area contributed by atoms with Gasteiger partial charge in [-0.15, -0.1) is 0 Å². The summed E-state index contributed by atoms with van der Waals surface area (Å²) in [6.45, 7) is 0. The third kappa shape index (κ3) is 1.76. The Morgan fingerprint density at radius 3 is 1.63 bits per heavy atom. The van der Waals surface area contributed by atoms with E-state index >= 15 is 0 Å². The molecule has 7 rings (SSSR count). The summed E-state index contributed by atoms with van der Waals surface area (Å²) < 4.78 is 0. The standard InChI is InChI=1S/C27H17N3/c1-4-10-22-18(7-1)19-8-2-5-11-23(19)27(22)24-12-6-3-9-20(24)21-14-13-17(15-25(21)27)26-16-28-30-29-26/h1-16H,(H,28,29,30). The van der Waals surface area contributed by atoms with Gasteiger partial charge in [0.25, 0.3) is 0 Å². The molecule has 2 aliphatic carbocycles. The number of fused-ring (bicyclic) bond motifs is 10. The van der Waals surface area contributed by atoms with Crippen molar-refractivity contribution in [2.24, 2.45) is 0 Å². The number of nitrogens with one attached hydrogen (secondary N) is 1. The lowest BCUT2D eigenvalue weighted by Gasteiger charge is -2.30. The Bertz CT molecular complexity index is 1380. The molecule has 1 spiro atoms. The molecule has 0 bridgehead atoms. The smallest absolute Gasteiger partial charge is 0.112 e. The molecule has 5 aromatic rings. The van der Waals surface area contributed by atoms with Crippen molar-refractivity contribution in [2.75, 3.05) is 0 Å². The van der Waals surface area contributed by atoms with Crippen molar-refractivity contribution in [2.45, 2.75) is 5.41 Å². The van der Waals surface area contributed by atoms with E-state index in [-0.39, 0.29) is 5.41 Å². The zero-order chi connectivity index (χ0) is 19.7. The molecule has 0 aliphatic heterocycles. The largest absolute Gasteiger partial charge is 0.197 e. The maximum Gasteiger partial charge on any atom is 0.112 e. The fourth-order valence-corrected chi connectivity index (χ4v) is 5.59. The molecule has 3 nitrogen and oxygen atoms in total. The van der Waals surface area contributed by atoms with Crippen LogP contribution in [0.5, 0.6) is 0 Å². The van der Waals surface area contributed by atoms with Crippen molar-refractivity contribution >= 4 is 0 Å². The average molecular weight is 383 g/mol. The average Bonchev–Trinajstić information content (AvgIpc) is 3.51. The van der Waals surface area contributed by atoms with Crippen LogP contribution in [0.2, 0.25) is 0 Å². The van der Waals surface area contributed by atoms with Gasteiger partial charge in [-0.2, -0.15) is 15.4 Å². The summed E-state index contributed by atoms with van der Waals surface area (Å²) in [5, 5.41) is 11.1. The van der Waals surface area contributed by atoms with Crippen LogP contribution >= 0.6 is 0 Å². The lowest BCUT2D eigenvalue weighted by Crippen LogP contribution is -2.25. The minimum atomic E-state index is -0.307. The predicted molar refractivity (Wildman–Crippen MR) is 118 cm³/mol. The summed E-state index contributed by atoms with van der Waals surface area (Å²) in [7, 11) is 0. The Labute approximate surface area is 174 Å². The van der Waals surface area contributed by atoms with Crippen molar-refractivity contribution in [3.05, 3.63) is 119 Å². The Morgan fingerprint density at radius 2 is 1.10 bits per heavy atom. The minimum absolute atomic E-state index is 0.307. The highest BCUT2D eigenvalue weighted by atomic mass is 15.3. The van der Waals surface area contributed by atoms with E-state index in [2.05, 4.69) is 106 Å². The minimum Gasteiger partial charge on any atom is -0.197 e. The van der Waals surface area contributed by atoms with Gasteiger partial charge in [0.05, 0.1) is 11.6 Å². The van der Waals surface area contributed by atoms with Crippen LogP contribution in [0.1, 0.15) is 22.3 Å². The van der Waals surface area contributed by atoms with E-state index in [4.69, 9.17) is 0 Å². The normalized spacial score (nSPS) is 14.3. The molecule has 0 saturated heterocycles. The zero-order valence-corrected chi connectivity index (χ0v) is 16.1. The lowest BCUT2D eigenvalue weighted by atomic mass is 9.70. The van der Waals surface area contributed by atoms with Crippen molar-refractivity contribution in [3.8, 4) is 33.5 Å². The quantitative estimate of drug-likeness (QED) is 0.388. The fraction of sp³-hybridized carbons (Fsp3) is 0.0370. The van der Waals surface area contributed by atoms with Gasteiger partial charge in [-0.1, -0.05) is 84.9 Å². The van der Waals surface area contributed by atoms with Crippen molar-refractivity contribution in [1.29, 1.82) is 0 Å². The van der Waals surface area contributed by atoms with Gasteiger partial charge in [-0.05, 0) is 50.6 Å². The summed E-state index contributed by atoms with van der Waals surface area (Å²) >= 11 is 0. The second kappa shape index (κ2) is 5.55. The molecule has 0 fully saturated rings. The van der Waals surface area contributed by atoms with Crippen molar-refractivity contribution in [3.63, 3.8) is 0 Å². The SMILES string of the molecule is c1ccc2c(c1)-c1ccccc1C21c2ccccc2-c2ccc(-c3cn[nH]n3)cc21. The number of aromatic amines is 1. The predicted octanol–water partition coefficient (Wildman–Crippen LogP) is 5.82. The topological polar surface area (TPSA) is 41.6 Å². The first-order valence-electron chi connectivity index (χ1n) is 10.2. The summed E-state index contributed by atoms with van der Waals surface area (Å²) in [6, 6.07) is 33.3. The molecule has 0 radical (unpaired) electrons. The molecule has 3 heteroatoms. The lowest BCUT2D eigenvalue weighted by molar-refractivity contribution is 0.794. The van der Waals surface area contributed by atoms with Gasteiger partial charge in [0.2, 0.25) is 0 Å². The van der Waals surface area contributed by atoms with E-state index < -0.39 is 0 Å². The van der Waals surface area contributed by atoms with Crippen LogP contribution in [-0.2, 0) is 5.41 Å². The molecule has 1 N–H and O–H groups in total. The van der Waals surface area contributed by atoms with Gasteiger partial charge in [0.1, 0.15) is 5.69 Å². The first-order valence-corrected chi connectivity index (χ1v) is 10.2. The van der Waals surface area contributed by atoms with Crippen LogP contribution in [0.15, 0.2) is 97.2 Å². The highest BCUT2D eigenvalue weighted by molar-refractivity contribution is 5.95. The second-order valence-electron chi connectivity index (χ2n) is 8.00. The van der Waals surface area contributed by atoms with Crippen LogP contribution in [0.3, 0.4) is 0 Å². The summed E-state index contributed by atoms with van der Waals surface area (Å²) in [5.74, 6) is 0. The van der Waals surface area contributed by atoms with E-state index in [0.29, 0.717) is 0 Å². The molecule has 0 saturated carbocycles. The molecule has 2 aliphatic rings. The Morgan fingerprint density at radius 1 is 0.567 bits per heavy atom. The van der Waals surface area contributed by atoms with Crippen molar-refractivity contribution in [1.82, 2.24) is 15.4 Å². The zero-order valence-electron chi connectivity index (χ0n) is 16.1. The van der Waals surface area contributed by atoms with Crippen LogP contribution in [0.25, 0.3) is 33.5 Å². The van der Waals surface area contributed by atoms with Crippen molar-refractivity contribution < 1.29 is 0 Å². The second-order valence-corrected chi connectivity index (χ2v) is 8.00. The number of hydrogen-bond acceptors (Lipinski definition) is 2. The third-order valence-corrected chi connectivity index (χ3v) is 6.71. The van der Waals surface area contributed by atoms with Gasteiger partial charge in [-0.3, -0.25) is 0 Å².